The smallest absolute Gasteiger partial charge is 0.0224 e. The SMILES string of the molecule is CCCNC(C)/C=C/c1ccc(C)c(Br)c1. The van der Waals surface area contributed by atoms with Gasteiger partial charge in [0.05, 0.1) is 0 Å². The van der Waals surface area contributed by atoms with Crippen LogP contribution in [0.25, 0.3) is 6.08 Å². The van der Waals surface area contributed by atoms with Crippen LogP contribution in [-0.2, 0) is 0 Å². The largest absolute Gasteiger partial charge is 0.311 e. The monoisotopic (exact) mass is 281 g/mol. The molecular formula is C14H20BrN. The molecule has 0 spiro atoms. The molecule has 1 aromatic carbocycles. The van der Waals surface area contributed by atoms with Gasteiger partial charge in [-0.1, -0.05) is 47.1 Å². The Balaban J connectivity index is 2.58. The zero-order valence-corrected chi connectivity index (χ0v) is 11.8. The first-order chi connectivity index (χ1) is 7.63. The molecule has 2 heteroatoms. The van der Waals surface area contributed by atoms with Gasteiger partial charge in [0.1, 0.15) is 0 Å². The molecule has 0 heterocycles. The number of nitrogens with one attached hydrogen (secondary N) is 1. The molecule has 0 radical (unpaired) electrons. The summed E-state index contributed by atoms with van der Waals surface area (Å²) in [5.41, 5.74) is 2.51. The Bertz CT molecular complexity index is 358. The lowest BCUT2D eigenvalue weighted by Crippen LogP contribution is -2.24. The topological polar surface area (TPSA) is 12.0 Å². The maximum Gasteiger partial charge on any atom is 0.0224 e. The van der Waals surface area contributed by atoms with E-state index in [1.807, 2.05) is 0 Å². The van der Waals surface area contributed by atoms with Crippen LogP contribution in [0.3, 0.4) is 0 Å². The van der Waals surface area contributed by atoms with Gasteiger partial charge in [0.25, 0.3) is 0 Å². The van der Waals surface area contributed by atoms with Crippen molar-refractivity contribution in [2.75, 3.05) is 6.54 Å². The first kappa shape index (κ1) is 13.5. The fraction of sp³-hybridized carbons (Fsp3) is 0.429. The summed E-state index contributed by atoms with van der Waals surface area (Å²) >= 11 is 3.55. The summed E-state index contributed by atoms with van der Waals surface area (Å²) < 4.78 is 1.17. The van der Waals surface area contributed by atoms with Crippen molar-refractivity contribution in [3.8, 4) is 0 Å². The second-order valence-corrected chi connectivity index (χ2v) is 4.96. The average molecular weight is 282 g/mol. The van der Waals surface area contributed by atoms with Crippen molar-refractivity contribution >= 4 is 22.0 Å². The van der Waals surface area contributed by atoms with E-state index >= 15 is 0 Å². The number of halogens is 1. The molecule has 0 saturated carbocycles. The maximum atomic E-state index is 3.55. The van der Waals surface area contributed by atoms with Crippen LogP contribution < -0.4 is 5.32 Å². The van der Waals surface area contributed by atoms with Gasteiger partial charge in [-0.2, -0.15) is 0 Å². The molecule has 1 aromatic rings. The normalized spacial score (nSPS) is 13.2. The van der Waals surface area contributed by atoms with Crippen molar-refractivity contribution in [2.45, 2.75) is 33.2 Å². The molecule has 1 nitrogen and oxygen atoms in total. The highest BCUT2D eigenvalue weighted by Crippen LogP contribution is 2.18. The Morgan fingerprint density at radius 1 is 1.44 bits per heavy atom. The highest BCUT2D eigenvalue weighted by molar-refractivity contribution is 9.10. The van der Waals surface area contributed by atoms with Gasteiger partial charge in [-0.3, -0.25) is 0 Å². The number of aryl methyl sites for hydroxylation is 1. The Labute approximate surface area is 107 Å². The minimum absolute atomic E-state index is 0.431. The molecule has 1 atom stereocenters. The molecule has 0 fully saturated rings. The average Bonchev–Trinajstić information content (AvgIpc) is 2.28. The van der Waals surface area contributed by atoms with E-state index in [1.54, 1.807) is 0 Å². The van der Waals surface area contributed by atoms with Gasteiger partial charge in [-0.05, 0) is 44.0 Å². The molecule has 0 aliphatic carbocycles. The molecule has 1 rings (SSSR count). The third kappa shape index (κ3) is 4.50. The fourth-order valence-corrected chi connectivity index (χ4v) is 1.80. The van der Waals surface area contributed by atoms with Crippen molar-refractivity contribution < 1.29 is 0 Å². The van der Waals surface area contributed by atoms with Crippen LogP contribution in [0.5, 0.6) is 0 Å². The predicted molar refractivity (Wildman–Crippen MR) is 75.7 cm³/mol. The molecule has 0 amide bonds. The number of benzene rings is 1. The fourth-order valence-electron chi connectivity index (χ4n) is 1.41. The maximum absolute atomic E-state index is 3.55. The second kappa shape index (κ2) is 6.87. The van der Waals surface area contributed by atoms with Gasteiger partial charge in [0.2, 0.25) is 0 Å². The molecule has 0 aromatic heterocycles. The predicted octanol–water partition coefficient (Wildman–Crippen LogP) is 4.16. The van der Waals surface area contributed by atoms with Crippen LogP contribution in [0.2, 0.25) is 0 Å². The summed E-state index contributed by atoms with van der Waals surface area (Å²) in [5.74, 6) is 0. The summed E-state index contributed by atoms with van der Waals surface area (Å²) in [6.45, 7) is 7.53. The number of rotatable bonds is 5. The molecule has 16 heavy (non-hydrogen) atoms. The van der Waals surface area contributed by atoms with Crippen molar-refractivity contribution in [1.29, 1.82) is 0 Å². The molecule has 88 valence electrons. The van der Waals surface area contributed by atoms with Gasteiger partial charge in [0.15, 0.2) is 0 Å². The van der Waals surface area contributed by atoms with E-state index < -0.39 is 0 Å². The molecule has 1 unspecified atom stereocenters. The van der Waals surface area contributed by atoms with Crippen molar-refractivity contribution in [1.82, 2.24) is 5.32 Å². The Morgan fingerprint density at radius 3 is 2.81 bits per heavy atom. The van der Waals surface area contributed by atoms with E-state index in [2.05, 4.69) is 72.4 Å². The summed E-state index contributed by atoms with van der Waals surface area (Å²) in [6.07, 6.45) is 5.54. The van der Waals surface area contributed by atoms with Gasteiger partial charge in [-0.15, -0.1) is 0 Å². The molecule has 0 saturated heterocycles. The lowest BCUT2D eigenvalue weighted by atomic mass is 10.1. The lowest BCUT2D eigenvalue weighted by Gasteiger charge is -2.07. The van der Waals surface area contributed by atoms with E-state index in [4.69, 9.17) is 0 Å². The zero-order chi connectivity index (χ0) is 12.0. The third-order valence-corrected chi connectivity index (χ3v) is 3.34. The minimum atomic E-state index is 0.431. The van der Waals surface area contributed by atoms with Crippen molar-refractivity contribution in [3.05, 3.63) is 39.9 Å². The number of hydrogen-bond donors (Lipinski definition) is 1. The van der Waals surface area contributed by atoms with E-state index in [9.17, 15) is 0 Å². The highest BCUT2D eigenvalue weighted by atomic mass is 79.9. The van der Waals surface area contributed by atoms with Crippen molar-refractivity contribution in [3.63, 3.8) is 0 Å². The Morgan fingerprint density at radius 2 is 2.19 bits per heavy atom. The standard InChI is InChI=1S/C14H20BrN/c1-4-9-16-12(3)6-8-13-7-5-11(2)14(15)10-13/h5-8,10,12,16H,4,9H2,1-3H3/b8-6+. The van der Waals surface area contributed by atoms with E-state index in [0.717, 1.165) is 6.54 Å². The third-order valence-electron chi connectivity index (χ3n) is 2.49. The van der Waals surface area contributed by atoms with Crippen LogP contribution in [0.15, 0.2) is 28.7 Å². The second-order valence-electron chi connectivity index (χ2n) is 4.11. The van der Waals surface area contributed by atoms with E-state index in [1.165, 1.54) is 22.0 Å². The molecule has 0 aliphatic rings. The molecule has 0 aliphatic heterocycles. The van der Waals surface area contributed by atoms with Crippen LogP contribution in [-0.4, -0.2) is 12.6 Å². The van der Waals surface area contributed by atoms with Crippen LogP contribution in [0, 0.1) is 6.92 Å². The van der Waals surface area contributed by atoms with Crippen LogP contribution in [0.4, 0.5) is 0 Å². The number of hydrogen-bond acceptors (Lipinski definition) is 1. The quantitative estimate of drug-likeness (QED) is 0.855. The summed E-state index contributed by atoms with van der Waals surface area (Å²) in [6, 6.07) is 6.86. The van der Waals surface area contributed by atoms with Gasteiger partial charge >= 0.3 is 0 Å². The molecule has 0 bridgehead atoms. The highest BCUT2D eigenvalue weighted by Gasteiger charge is 1.96. The summed E-state index contributed by atoms with van der Waals surface area (Å²) in [4.78, 5) is 0. The van der Waals surface area contributed by atoms with E-state index in [0.29, 0.717) is 6.04 Å². The summed E-state index contributed by atoms with van der Waals surface area (Å²) in [5, 5.41) is 3.43. The first-order valence-corrected chi connectivity index (χ1v) is 6.60. The van der Waals surface area contributed by atoms with Gasteiger partial charge < -0.3 is 5.32 Å². The minimum Gasteiger partial charge on any atom is -0.311 e. The van der Waals surface area contributed by atoms with Gasteiger partial charge in [-0.25, -0.2) is 0 Å². The molecular weight excluding hydrogens is 262 g/mol. The lowest BCUT2D eigenvalue weighted by molar-refractivity contribution is 0.625. The Hall–Kier alpha value is -0.600. The van der Waals surface area contributed by atoms with Crippen LogP contribution in [0.1, 0.15) is 31.4 Å². The van der Waals surface area contributed by atoms with Crippen molar-refractivity contribution in [2.24, 2.45) is 0 Å². The molecule has 1 N–H and O–H groups in total. The van der Waals surface area contributed by atoms with Gasteiger partial charge in [0, 0.05) is 10.5 Å². The van der Waals surface area contributed by atoms with E-state index in [-0.39, 0.29) is 0 Å². The summed E-state index contributed by atoms with van der Waals surface area (Å²) in [7, 11) is 0. The first-order valence-electron chi connectivity index (χ1n) is 5.81. The zero-order valence-electron chi connectivity index (χ0n) is 10.3. The van der Waals surface area contributed by atoms with Crippen LogP contribution >= 0.6 is 15.9 Å². The Kier molecular flexibility index (Phi) is 5.78.